The summed E-state index contributed by atoms with van der Waals surface area (Å²) in [4.78, 5) is 9.03. The van der Waals surface area contributed by atoms with Crippen molar-refractivity contribution in [3.05, 3.63) is 30.5 Å². The minimum Gasteiger partial charge on any atom is -0.367 e. The van der Waals surface area contributed by atoms with Crippen molar-refractivity contribution in [2.24, 2.45) is 0 Å². The van der Waals surface area contributed by atoms with Crippen LogP contribution in [0.3, 0.4) is 0 Å². The lowest BCUT2D eigenvalue weighted by atomic mass is 10.0. The van der Waals surface area contributed by atoms with Crippen LogP contribution in [0, 0.1) is 0 Å². The van der Waals surface area contributed by atoms with E-state index in [-0.39, 0.29) is 4.75 Å². The van der Waals surface area contributed by atoms with Gasteiger partial charge in [-0.05, 0) is 31.2 Å². The number of para-hydroxylation sites is 2. The molecule has 2 aromatic rings. The summed E-state index contributed by atoms with van der Waals surface area (Å²) < 4.78 is 0.285. The van der Waals surface area contributed by atoms with Gasteiger partial charge in [0.25, 0.3) is 0 Å². The van der Waals surface area contributed by atoms with E-state index in [2.05, 4.69) is 35.4 Å². The van der Waals surface area contributed by atoms with E-state index in [1.165, 1.54) is 0 Å². The number of hydrogen-bond donors (Lipinski definition) is 1. The van der Waals surface area contributed by atoms with Crippen molar-refractivity contribution in [2.75, 3.05) is 18.1 Å². The molecule has 3 nitrogen and oxygen atoms in total. The first kappa shape index (κ1) is 14.1. The molecule has 0 aliphatic heterocycles. The number of hydrogen-bond acceptors (Lipinski definition) is 4. The first-order valence-electron chi connectivity index (χ1n) is 6.74. The quantitative estimate of drug-likeness (QED) is 0.866. The Labute approximate surface area is 119 Å². The van der Waals surface area contributed by atoms with E-state index in [9.17, 15) is 0 Å². The van der Waals surface area contributed by atoms with Gasteiger partial charge >= 0.3 is 0 Å². The van der Waals surface area contributed by atoms with Gasteiger partial charge < -0.3 is 5.32 Å². The molecule has 0 aliphatic rings. The Morgan fingerprint density at radius 3 is 2.47 bits per heavy atom. The predicted octanol–water partition coefficient (Wildman–Crippen LogP) is 3.96. The lowest BCUT2D eigenvalue weighted by Crippen LogP contribution is -2.32. The highest BCUT2D eigenvalue weighted by atomic mass is 32.2. The molecule has 0 atom stereocenters. The van der Waals surface area contributed by atoms with E-state index >= 15 is 0 Å². The van der Waals surface area contributed by atoms with E-state index in [1.54, 1.807) is 0 Å². The summed E-state index contributed by atoms with van der Waals surface area (Å²) in [5, 5.41) is 3.44. The molecule has 0 radical (unpaired) electrons. The number of thioether (sulfide) groups is 1. The summed E-state index contributed by atoms with van der Waals surface area (Å²) in [5.74, 6) is 0.860. The van der Waals surface area contributed by atoms with Gasteiger partial charge in [-0.1, -0.05) is 26.0 Å². The summed E-state index contributed by atoms with van der Waals surface area (Å²) in [6.45, 7) is 5.41. The van der Waals surface area contributed by atoms with Gasteiger partial charge in [0, 0.05) is 11.3 Å². The summed E-state index contributed by atoms with van der Waals surface area (Å²) >= 11 is 1.93. The van der Waals surface area contributed by atoms with Gasteiger partial charge in [-0.3, -0.25) is 4.98 Å². The molecule has 0 saturated carbocycles. The number of benzene rings is 1. The fourth-order valence-corrected chi connectivity index (χ4v) is 2.95. The van der Waals surface area contributed by atoms with Crippen LogP contribution in [0.2, 0.25) is 0 Å². The zero-order chi connectivity index (χ0) is 13.7. The monoisotopic (exact) mass is 275 g/mol. The van der Waals surface area contributed by atoms with Crippen LogP contribution in [0.5, 0.6) is 0 Å². The molecule has 2 rings (SSSR count). The predicted molar refractivity (Wildman–Crippen MR) is 84.9 cm³/mol. The largest absolute Gasteiger partial charge is 0.367 e. The van der Waals surface area contributed by atoms with Gasteiger partial charge in [0.15, 0.2) is 0 Å². The number of fused-ring (bicyclic) bond motifs is 1. The number of aromatic nitrogens is 2. The van der Waals surface area contributed by atoms with Gasteiger partial charge in [0.2, 0.25) is 0 Å². The fourth-order valence-electron chi connectivity index (χ4n) is 2.15. The van der Waals surface area contributed by atoms with Crippen LogP contribution >= 0.6 is 11.8 Å². The third-order valence-corrected chi connectivity index (χ3v) is 5.35. The summed E-state index contributed by atoms with van der Waals surface area (Å²) in [6, 6.07) is 7.95. The second kappa shape index (κ2) is 6.24. The maximum atomic E-state index is 4.60. The lowest BCUT2D eigenvalue weighted by Gasteiger charge is -2.30. The van der Waals surface area contributed by atoms with Crippen LogP contribution in [0.25, 0.3) is 11.0 Å². The Hall–Kier alpha value is -1.29. The molecule has 0 spiro atoms. The molecule has 0 bridgehead atoms. The van der Waals surface area contributed by atoms with Crippen LogP contribution < -0.4 is 5.32 Å². The van der Waals surface area contributed by atoms with Crippen molar-refractivity contribution in [3.63, 3.8) is 0 Å². The SMILES string of the molecule is CCC(CC)(CNc1cnc2ccccc2n1)SC. The maximum absolute atomic E-state index is 4.60. The molecule has 4 heteroatoms. The molecular formula is C15H21N3S. The fraction of sp³-hybridized carbons (Fsp3) is 0.467. The van der Waals surface area contributed by atoms with E-state index in [0.717, 1.165) is 36.2 Å². The summed E-state index contributed by atoms with van der Waals surface area (Å²) in [5.41, 5.74) is 1.88. The van der Waals surface area contributed by atoms with Gasteiger partial charge in [0.1, 0.15) is 5.82 Å². The molecule has 1 aromatic carbocycles. The maximum Gasteiger partial charge on any atom is 0.145 e. The van der Waals surface area contributed by atoms with Crippen LogP contribution in [-0.4, -0.2) is 27.5 Å². The first-order valence-corrected chi connectivity index (χ1v) is 7.96. The number of anilines is 1. The Morgan fingerprint density at radius 1 is 1.16 bits per heavy atom. The molecule has 0 saturated heterocycles. The van der Waals surface area contributed by atoms with Gasteiger partial charge in [-0.15, -0.1) is 0 Å². The molecular weight excluding hydrogens is 254 g/mol. The first-order chi connectivity index (χ1) is 9.23. The standard InChI is InChI=1S/C15H21N3S/c1-4-15(5-2,19-3)11-17-14-10-16-12-8-6-7-9-13(12)18-14/h6-10H,4-5,11H2,1-3H3,(H,17,18). The molecule has 0 amide bonds. The third kappa shape index (κ3) is 3.18. The van der Waals surface area contributed by atoms with Crippen molar-refractivity contribution >= 4 is 28.6 Å². The zero-order valence-corrected chi connectivity index (χ0v) is 12.6. The minimum absolute atomic E-state index is 0.285. The van der Waals surface area contributed by atoms with Gasteiger partial charge in [-0.2, -0.15) is 11.8 Å². The van der Waals surface area contributed by atoms with Gasteiger partial charge in [-0.25, -0.2) is 4.98 Å². The van der Waals surface area contributed by atoms with Crippen molar-refractivity contribution in [1.82, 2.24) is 9.97 Å². The smallest absolute Gasteiger partial charge is 0.145 e. The number of nitrogens with zero attached hydrogens (tertiary/aromatic N) is 2. The van der Waals surface area contributed by atoms with E-state index in [1.807, 2.05) is 42.2 Å². The zero-order valence-electron chi connectivity index (χ0n) is 11.8. The Kier molecular flexibility index (Phi) is 4.64. The second-order valence-corrected chi connectivity index (χ2v) is 5.97. The van der Waals surface area contributed by atoms with Crippen LogP contribution in [0.15, 0.2) is 30.5 Å². The highest BCUT2D eigenvalue weighted by Gasteiger charge is 2.24. The normalized spacial score (nSPS) is 11.7. The third-order valence-electron chi connectivity index (χ3n) is 3.76. The molecule has 0 unspecified atom stereocenters. The molecule has 0 aliphatic carbocycles. The lowest BCUT2D eigenvalue weighted by molar-refractivity contribution is 0.574. The average Bonchev–Trinajstić information content (AvgIpc) is 2.49. The molecule has 1 heterocycles. The summed E-state index contributed by atoms with van der Waals surface area (Å²) in [6.07, 6.45) is 6.30. The minimum atomic E-state index is 0.285. The van der Waals surface area contributed by atoms with Crippen molar-refractivity contribution in [1.29, 1.82) is 0 Å². The van der Waals surface area contributed by atoms with Crippen LogP contribution in [0.1, 0.15) is 26.7 Å². The van der Waals surface area contributed by atoms with Crippen molar-refractivity contribution < 1.29 is 0 Å². The molecule has 102 valence electrons. The topological polar surface area (TPSA) is 37.8 Å². The van der Waals surface area contributed by atoms with E-state index < -0.39 is 0 Å². The number of nitrogens with one attached hydrogen (secondary N) is 1. The molecule has 1 N–H and O–H groups in total. The van der Waals surface area contributed by atoms with Crippen LogP contribution in [-0.2, 0) is 0 Å². The number of rotatable bonds is 6. The highest BCUT2D eigenvalue weighted by molar-refractivity contribution is 8.00. The van der Waals surface area contributed by atoms with E-state index in [4.69, 9.17) is 0 Å². The Bertz CT molecular complexity index is 529. The second-order valence-electron chi connectivity index (χ2n) is 4.69. The molecule has 1 aromatic heterocycles. The van der Waals surface area contributed by atoms with Gasteiger partial charge in [0.05, 0.1) is 17.2 Å². The average molecular weight is 275 g/mol. The van der Waals surface area contributed by atoms with Crippen molar-refractivity contribution in [3.8, 4) is 0 Å². The Balaban J connectivity index is 2.13. The summed E-state index contributed by atoms with van der Waals surface area (Å²) in [7, 11) is 0. The molecule has 19 heavy (non-hydrogen) atoms. The van der Waals surface area contributed by atoms with Crippen LogP contribution in [0.4, 0.5) is 5.82 Å². The van der Waals surface area contributed by atoms with E-state index in [0.29, 0.717) is 0 Å². The van der Waals surface area contributed by atoms with Crippen molar-refractivity contribution in [2.45, 2.75) is 31.4 Å². The Morgan fingerprint density at radius 2 is 1.84 bits per heavy atom. The molecule has 0 fully saturated rings. The highest BCUT2D eigenvalue weighted by Crippen LogP contribution is 2.30.